The van der Waals surface area contributed by atoms with Gasteiger partial charge in [0.05, 0.1) is 13.2 Å². The Balaban J connectivity index is 1.60. The van der Waals surface area contributed by atoms with E-state index in [-0.39, 0.29) is 5.91 Å². The second-order valence-electron chi connectivity index (χ2n) is 7.85. The van der Waals surface area contributed by atoms with Crippen LogP contribution in [0.3, 0.4) is 0 Å². The Morgan fingerprint density at radius 3 is 2.77 bits per heavy atom. The Hall–Kier alpha value is -1.67. The molecule has 1 saturated heterocycles. The van der Waals surface area contributed by atoms with Crippen LogP contribution in [0.1, 0.15) is 24.8 Å². The first-order chi connectivity index (χ1) is 14.7. The predicted octanol–water partition coefficient (Wildman–Crippen LogP) is 3.50. The van der Waals surface area contributed by atoms with Crippen molar-refractivity contribution in [1.82, 2.24) is 10.2 Å². The normalized spacial score (nSPS) is 19.1. The monoisotopic (exact) mass is 476 g/mol. The third-order valence-corrected chi connectivity index (χ3v) is 6.52. The maximum absolute atomic E-state index is 13.2. The first-order valence-corrected chi connectivity index (χ1v) is 11.4. The number of nitrogens with one attached hydrogen (secondary N) is 1. The minimum absolute atomic E-state index is 0.0762. The van der Waals surface area contributed by atoms with Gasteiger partial charge in [-0.3, -0.25) is 4.79 Å². The van der Waals surface area contributed by atoms with Crippen molar-refractivity contribution in [2.45, 2.75) is 38.0 Å². The van der Waals surface area contributed by atoms with E-state index in [1.54, 1.807) is 7.11 Å². The number of rotatable bonds is 9. The molecule has 0 unspecified atom stereocenters. The summed E-state index contributed by atoms with van der Waals surface area (Å²) in [5.74, 6) is 0.922. The van der Waals surface area contributed by atoms with E-state index in [0.717, 1.165) is 52.4 Å². The molecular formula is C23H29BrN2O4. The first kappa shape index (κ1) is 21.6. The lowest BCUT2D eigenvalue weighted by molar-refractivity contribution is -0.146. The molecule has 1 aliphatic carbocycles. The maximum atomic E-state index is 13.2. The summed E-state index contributed by atoms with van der Waals surface area (Å²) in [7, 11) is 1.70. The van der Waals surface area contributed by atoms with Crippen molar-refractivity contribution in [1.29, 1.82) is 0 Å². The summed E-state index contributed by atoms with van der Waals surface area (Å²) in [5, 5.41) is 5.42. The quantitative estimate of drug-likeness (QED) is 0.561. The average Bonchev–Trinajstić information content (AvgIpc) is 3.63. The Bertz CT molecular complexity index is 881. The third-order valence-electron chi connectivity index (χ3n) is 5.58. The minimum atomic E-state index is -0.400. The van der Waals surface area contributed by atoms with Crippen LogP contribution >= 0.6 is 15.9 Å². The topological polar surface area (TPSA) is 60.0 Å². The van der Waals surface area contributed by atoms with Crippen LogP contribution in [-0.2, 0) is 20.8 Å². The Kier molecular flexibility index (Phi) is 7.25. The van der Waals surface area contributed by atoms with Gasteiger partial charge in [0, 0.05) is 55.7 Å². The van der Waals surface area contributed by atoms with Crippen molar-refractivity contribution >= 4 is 32.6 Å². The van der Waals surface area contributed by atoms with Gasteiger partial charge in [0.1, 0.15) is 11.9 Å². The van der Waals surface area contributed by atoms with Crippen molar-refractivity contribution in [3.8, 4) is 5.75 Å². The van der Waals surface area contributed by atoms with Gasteiger partial charge in [0.2, 0.25) is 0 Å². The number of morpholine rings is 1. The lowest BCUT2D eigenvalue weighted by Crippen LogP contribution is -2.49. The van der Waals surface area contributed by atoms with Crippen LogP contribution in [0.4, 0.5) is 0 Å². The number of methoxy groups -OCH3 is 1. The van der Waals surface area contributed by atoms with E-state index in [9.17, 15) is 4.79 Å². The number of fused-ring (bicyclic) bond motifs is 1. The fraction of sp³-hybridized carbons (Fsp3) is 0.522. The van der Waals surface area contributed by atoms with Gasteiger partial charge in [0.25, 0.3) is 5.91 Å². The molecule has 1 atom stereocenters. The summed E-state index contributed by atoms with van der Waals surface area (Å²) >= 11 is 3.80. The first-order valence-electron chi connectivity index (χ1n) is 10.6. The molecule has 6 nitrogen and oxygen atoms in total. The number of benzene rings is 2. The molecule has 162 valence electrons. The van der Waals surface area contributed by atoms with Crippen LogP contribution in [-0.4, -0.2) is 63.0 Å². The number of ether oxygens (including phenoxy) is 3. The standard InChI is InChI=1S/C23H29BrN2O4/c1-28-10-4-11-29-20-13-16(22(24)19-6-3-2-5-18(19)20)15-26(17-7-8-17)23(27)21-14-25-9-12-30-21/h2-3,5-6,13,17,21,25H,4,7-12,14-15H2,1H3/t21-/m1/s1. The molecule has 0 aromatic heterocycles. The third kappa shape index (κ3) is 4.97. The molecule has 1 saturated carbocycles. The fourth-order valence-corrected chi connectivity index (χ4v) is 4.43. The van der Waals surface area contributed by atoms with E-state index in [1.807, 2.05) is 17.0 Å². The van der Waals surface area contributed by atoms with E-state index in [2.05, 4.69) is 39.4 Å². The molecule has 1 heterocycles. The highest BCUT2D eigenvalue weighted by molar-refractivity contribution is 9.10. The molecule has 4 rings (SSSR count). The Labute approximate surface area is 186 Å². The van der Waals surface area contributed by atoms with Crippen LogP contribution in [0, 0.1) is 0 Å². The van der Waals surface area contributed by atoms with Crippen LogP contribution in [0.2, 0.25) is 0 Å². The molecular weight excluding hydrogens is 448 g/mol. The second-order valence-corrected chi connectivity index (χ2v) is 8.64. The van der Waals surface area contributed by atoms with Gasteiger partial charge in [-0.2, -0.15) is 0 Å². The van der Waals surface area contributed by atoms with Crippen molar-refractivity contribution in [3.05, 3.63) is 40.4 Å². The van der Waals surface area contributed by atoms with E-state index in [4.69, 9.17) is 14.2 Å². The molecule has 2 fully saturated rings. The molecule has 2 aromatic rings. The summed E-state index contributed by atoms with van der Waals surface area (Å²) < 4.78 is 18.0. The Morgan fingerprint density at radius 1 is 1.27 bits per heavy atom. The molecule has 0 spiro atoms. The fourth-order valence-electron chi connectivity index (χ4n) is 3.85. The molecule has 0 radical (unpaired) electrons. The SMILES string of the molecule is COCCCOc1cc(CN(C(=O)[C@H]2CNCCO2)C2CC2)c(Br)c2ccccc12. The zero-order valence-electron chi connectivity index (χ0n) is 17.4. The van der Waals surface area contributed by atoms with Gasteiger partial charge in [-0.15, -0.1) is 0 Å². The number of carbonyl (C=O) groups is 1. The van der Waals surface area contributed by atoms with Gasteiger partial charge in [-0.1, -0.05) is 24.3 Å². The lowest BCUT2D eigenvalue weighted by Gasteiger charge is -2.30. The van der Waals surface area contributed by atoms with Crippen LogP contribution in [0.5, 0.6) is 5.75 Å². The summed E-state index contributed by atoms with van der Waals surface area (Å²) in [6.45, 7) is 3.76. The number of hydrogen-bond donors (Lipinski definition) is 1. The van der Waals surface area contributed by atoms with E-state index < -0.39 is 6.10 Å². The predicted molar refractivity (Wildman–Crippen MR) is 120 cm³/mol. The molecule has 1 amide bonds. The molecule has 30 heavy (non-hydrogen) atoms. The zero-order valence-corrected chi connectivity index (χ0v) is 18.9. The van der Waals surface area contributed by atoms with Crippen molar-refractivity contribution in [3.63, 3.8) is 0 Å². The average molecular weight is 477 g/mol. The number of carbonyl (C=O) groups excluding carboxylic acids is 1. The molecule has 1 aliphatic heterocycles. The summed E-state index contributed by atoms with van der Waals surface area (Å²) in [5.41, 5.74) is 1.06. The van der Waals surface area contributed by atoms with Gasteiger partial charge in [-0.25, -0.2) is 0 Å². The number of nitrogens with zero attached hydrogens (tertiary/aromatic N) is 1. The van der Waals surface area contributed by atoms with E-state index in [1.165, 1.54) is 0 Å². The largest absolute Gasteiger partial charge is 0.493 e. The van der Waals surface area contributed by atoms with Crippen LogP contribution < -0.4 is 10.1 Å². The molecule has 7 heteroatoms. The highest BCUT2D eigenvalue weighted by Crippen LogP contribution is 2.37. The van der Waals surface area contributed by atoms with E-state index in [0.29, 0.717) is 39.0 Å². The molecule has 1 N–H and O–H groups in total. The van der Waals surface area contributed by atoms with Gasteiger partial charge >= 0.3 is 0 Å². The molecule has 2 aliphatic rings. The highest BCUT2D eigenvalue weighted by Gasteiger charge is 2.37. The number of halogens is 1. The smallest absolute Gasteiger partial charge is 0.253 e. The lowest BCUT2D eigenvalue weighted by atomic mass is 10.0. The number of hydrogen-bond acceptors (Lipinski definition) is 5. The summed E-state index contributed by atoms with van der Waals surface area (Å²) in [6, 6.07) is 10.6. The number of amides is 1. The van der Waals surface area contributed by atoms with Crippen LogP contribution in [0.25, 0.3) is 10.8 Å². The summed E-state index contributed by atoms with van der Waals surface area (Å²) in [4.78, 5) is 15.2. The molecule has 0 bridgehead atoms. The van der Waals surface area contributed by atoms with Gasteiger partial charge < -0.3 is 24.4 Å². The van der Waals surface area contributed by atoms with Gasteiger partial charge in [-0.05, 0) is 45.8 Å². The minimum Gasteiger partial charge on any atom is -0.493 e. The van der Waals surface area contributed by atoms with Crippen molar-refractivity contribution in [2.75, 3.05) is 40.0 Å². The van der Waals surface area contributed by atoms with E-state index >= 15 is 0 Å². The Morgan fingerprint density at radius 2 is 2.07 bits per heavy atom. The van der Waals surface area contributed by atoms with Crippen molar-refractivity contribution in [2.24, 2.45) is 0 Å². The second kappa shape index (κ2) is 10.1. The van der Waals surface area contributed by atoms with Gasteiger partial charge in [0.15, 0.2) is 0 Å². The summed E-state index contributed by atoms with van der Waals surface area (Å²) in [6.07, 6.45) is 2.53. The highest BCUT2D eigenvalue weighted by atomic mass is 79.9. The molecule has 2 aromatic carbocycles. The zero-order chi connectivity index (χ0) is 20.9. The maximum Gasteiger partial charge on any atom is 0.253 e. The van der Waals surface area contributed by atoms with Crippen molar-refractivity contribution < 1.29 is 19.0 Å². The van der Waals surface area contributed by atoms with Crippen LogP contribution in [0.15, 0.2) is 34.8 Å².